The molecule has 0 saturated carbocycles. The van der Waals surface area contributed by atoms with Gasteiger partial charge in [0, 0.05) is 11.5 Å². The van der Waals surface area contributed by atoms with E-state index >= 15 is 0 Å². The second kappa shape index (κ2) is 6.81. The van der Waals surface area contributed by atoms with Gasteiger partial charge in [-0.05, 0) is 43.0 Å². The van der Waals surface area contributed by atoms with Crippen LogP contribution in [0.15, 0.2) is 53.9 Å². The van der Waals surface area contributed by atoms with Crippen molar-refractivity contribution in [2.75, 3.05) is 5.32 Å². The van der Waals surface area contributed by atoms with Crippen molar-refractivity contribution in [2.24, 2.45) is 0 Å². The number of benzene rings is 1. The second-order valence-corrected chi connectivity index (χ2v) is 8.34. The Morgan fingerprint density at radius 3 is 2.75 bits per heavy atom. The minimum absolute atomic E-state index is 0.724. The maximum atomic E-state index is 4.80. The van der Waals surface area contributed by atoms with Crippen molar-refractivity contribution < 1.29 is 0 Å². The summed E-state index contributed by atoms with van der Waals surface area (Å²) >= 11 is 3.17. The van der Waals surface area contributed by atoms with Crippen molar-refractivity contribution in [3.05, 3.63) is 65.2 Å². The predicted octanol–water partition coefficient (Wildman–Crippen LogP) is 5.36. The summed E-state index contributed by atoms with van der Waals surface area (Å²) in [6.45, 7) is 4.06. The fraction of sp³-hybridized carbons (Fsp3) is 0.100. The third-order valence-corrected chi connectivity index (χ3v) is 6.23. The fourth-order valence-corrected chi connectivity index (χ4v) is 4.63. The molecule has 4 aromatic heterocycles. The highest BCUT2D eigenvalue weighted by Gasteiger charge is 2.14. The molecule has 0 aliphatic carbocycles. The summed E-state index contributed by atoms with van der Waals surface area (Å²) in [4.78, 5) is 5.91. The van der Waals surface area contributed by atoms with Crippen LogP contribution in [0.4, 0.5) is 10.9 Å². The quantitative estimate of drug-likeness (QED) is 0.437. The number of nitrogens with zero attached hydrogens (tertiary/aromatic N) is 5. The molecule has 138 valence electrons. The van der Waals surface area contributed by atoms with Gasteiger partial charge in [0.15, 0.2) is 10.8 Å². The van der Waals surface area contributed by atoms with Crippen LogP contribution >= 0.6 is 22.7 Å². The molecule has 28 heavy (non-hydrogen) atoms. The molecule has 6 nitrogen and oxygen atoms in total. The molecule has 0 spiro atoms. The van der Waals surface area contributed by atoms with E-state index in [1.54, 1.807) is 11.3 Å². The van der Waals surface area contributed by atoms with E-state index in [1.165, 1.54) is 11.3 Å². The Hall–Kier alpha value is -3.10. The first-order valence-corrected chi connectivity index (χ1v) is 10.4. The Morgan fingerprint density at radius 2 is 1.89 bits per heavy atom. The topological polar surface area (TPSA) is 68.5 Å². The van der Waals surface area contributed by atoms with Gasteiger partial charge in [-0.2, -0.15) is 9.78 Å². The number of hydrogen-bond donors (Lipinski definition) is 1. The van der Waals surface area contributed by atoms with E-state index in [0.717, 1.165) is 48.8 Å². The zero-order valence-corrected chi connectivity index (χ0v) is 16.9. The van der Waals surface area contributed by atoms with Gasteiger partial charge in [0.25, 0.3) is 0 Å². The molecule has 8 heteroatoms. The molecule has 4 heterocycles. The average molecular weight is 405 g/mol. The summed E-state index contributed by atoms with van der Waals surface area (Å²) in [5, 5.41) is 21.4. The molecular formula is C20H16N6S2. The van der Waals surface area contributed by atoms with Crippen LogP contribution in [-0.2, 0) is 0 Å². The van der Waals surface area contributed by atoms with Gasteiger partial charge >= 0.3 is 0 Å². The zero-order chi connectivity index (χ0) is 19.1. The molecule has 0 radical (unpaired) electrons. The van der Waals surface area contributed by atoms with E-state index in [2.05, 4.69) is 39.7 Å². The minimum Gasteiger partial charge on any atom is -0.315 e. The molecule has 0 atom stereocenters. The molecular weight excluding hydrogens is 388 g/mol. The van der Waals surface area contributed by atoms with Crippen molar-refractivity contribution in [3.8, 4) is 15.7 Å². The first-order valence-electron chi connectivity index (χ1n) is 8.75. The lowest BCUT2D eigenvalue weighted by molar-refractivity contribution is 0.842. The maximum absolute atomic E-state index is 4.80. The van der Waals surface area contributed by atoms with Gasteiger partial charge < -0.3 is 5.32 Å². The van der Waals surface area contributed by atoms with Gasteiger partial charge in [0.05, 0.1) is 16.1 Å². The molecule has 0 amide bonds. The number of anilines is 2. The second-order valence-electron chi connectivity index (χ2n) is 6.41. The van der Waals surface area contributed by atoms with Crippen LogP contribution < -0.4 is 5.32 Å². The van der Waals surface area contributed by atoms with Crippen molar-refractivity contribution in [3.63, 3.8) is 0 Å². The molecule has 0 aliphatic heterocycles. The SMILES string of the molecule is Cc1cc(Nc2nnc(-c3cccs3)s2)n(-c2cc(C)c3ccccc3n2)n1. The molecule has 0 fully saturated rings. The number of para-hydroxylation sites is 1. The monoisotopic (exact) mass is 404 g/mol. The standard InChI is InChI=1S/C20H16N6S2/c1-12-10-17(21-15-7-4-3-6-14(12)15)26-18(11-13(2)25-26)22-20-24-23-19(28-20)16-8-5-9-27-16/h3-11H,1-2H3,(H,22,24). The lowest BCUT2D eigenvalue weighted by Gasteiger charge is -2.09. The van der Waals surface area contributed by atoms with E-state index in [1.807, 2.05) is 53.4 Å². The van der Waals surface area contributed by atoms with Crippen molar-refractivity contribution in [1.29, 1.82) is 0 Å². The van der Waals surface area contributed by atoms with Crippen LogP contribution in [0, 0.1) is 13.8 Å². The van der Waals surface area contributed by atoms with E-state index in [4.69, 9.17) is 4.98 Å². The number of aromatic nitrogens is 5. The summed E-state index contributed by atoms with van der Waals surface area (Å²) in [7, 11) is 0. The number of thiophene rings is 1. The fourth-order valence-electron chi connectivity index (χ4n) is 3.09. The van der Waals surface area contributed by atoms with Crippen LogP contribution in [0.5, 0.6) is 0 Å². The Balaban J connectivity index is 1.53. The van der Waals surface area contributed by atoms with Crippen molar-refractivity contribution in [2.45, 2.75) is 13.8 Å². The van der Waals surface area contributed by atoms with Crippen LogP contribution in [0.3, 0.4) is 0 Å². The van der Waals surface area contributed by atoms with Crippen molar-refractivity contribution >= 4 is 44.5 Å². The maximum Gasteiger partial charge on any atom is 0.211 e. The summed E-state index contributed by atoms with van der Waals surface area (Å²) in [6.07, 6.45) is 0. The Labute approximate surface area is 169 Å². The Morgan fingerprint density at radius 1 is 1.00 bits per heavy atom. The number of rotatable bonds is 4. The first kappa shape index (κ1) is 17.0. The van der Waals surface area contributed by atoms with Crippen LogP contribution in [0.2, 0.25) is 0 Å². The minimum atomic E-state index is 0.724. The van der Waals surface area contributed by atoms with Crippen molar-refractivity contribution in [1.82, 2.24) is 25.0 Å². The summed E-state index contributed by atoms with van der Waals surface area (Å²) in [5.41, 5.74) is 3.02. The zero-order valence-electron chi connectivity index (χ0n) is 15.2. The van der Waals surface area contributed by atoms with Gasteiger partial charge in [0.2, 0.25) is 5.13 Å². The molecule has 5 aromatic rings. The highest BCUT2D eigenvalue weighted by Crippen LogP contribution is 2.32. The molecule has 0 saturated heterocycles. The number of hydrogen-bond acceptors (Lipinski definition) is 7. The van der Waals surface area contributed by atoms with Crippen LogP contribution in [0.1, 0.15) is 11.3 Å². The molecule has 1 aromatic carbocycles. The van der Waals surface area contributed by atoms with Crippen LogP contribution in [0.25, 0.3) is 26.6 Å². The molecule has 5 rings (SSSR count). The third-order valence-electron chi connectivity index (χ3n) is 4.35. The van der Waals surface area contributed by atoms with E-state index in [-0.39, 0.29) is 0 Å². The summed E-state index contributed by atoms with van der Waals surface area (Å²) in [6, 6.07) is 16.2. The Bertz CT molecular complexity index is 1270. The van der Waals surface area contributed by atoms with Gasteiger partial charge in [0.1, 0.15) is 5.82 Å². The highest BCUT2D eigenvalue weighted by atomic mass is 32.1. The van der Waals surface area contributed by atoms with Gasteiger partial charge in [-0.15, -0.1) is 21.5 Å². The molecule has 0 unspecified atom stereocenters. The normalized spacial score (nSPS) is 11.2. The lowest BCUT2D eigenvalue weighted by Crippen LogP contribution is -2.05. The number of aryl methyl sites for hydroxylation is 2. The third kappa shape index (κ3) is 3.06. The highest BCUT2D eigenvalue weighted by molar-refractivity contribution is 7.22. The average Bonchev–Trinajstić information content (AvgIpc) is 3.43. The smallest absolute Gasteiger partial charge is 0.211 e. The van der Waals surface area contributed by atoms with Crippen LogP contribution in [-0.4, -0.2) is 25.0 Å². The predicted molar refractivity (Wildman–Crippen MR) is 115 cm³/mol. The van der Waals surface area contributed by atoms with Gasteiger partial charge in [-0.25, -0.2) is 4.98 Å². The lowest BCUT2D eigenvalue weighted by atomic mass is 10.1. The van der Waals surface area contributed by atoms with E-state index in [0.29, 0.717) is 0 Å². The number of pyridine rings is 1. The number of fused-ring (bicyclic) bond motifs is 1. The Kier molecular flexibility index (Phi) is 4.14. The van der Waals surface area contributed by atoms with Gasteiger partial charge in [-0.3, -0.25) is 0 Å². The largest absolute Gasteiger partial charge is 0.315 e. The molecule has 0 bridgehead atoms. The molecule has 0 aliphatic rings. The van der Waals surface area contributed by atoms with Gasteiger partial charge in [-0.1, -0.05) is 35.6 Å². The first-order chi connectivity index (χ1) is 13.7. The van der Waals surface area contributed by atoms with E-state index < -0.39 is 0 Å². The van der Waals surface area contributed by atoms with E-state index in [9.17, 15) is 0 Å². The molecule has 1 N–H and O–H groups in total. The summed E-state index contributed by atoms with van der Waals surface area (Å²) < 4.78 is 1.82. The summed E-state index contributed by atoms with van der Waals surface area (Å²) in [5.74, 6) is 1.59. The number of nitrogens with one attached hydrogen (secondary N) is 1.